The highest BCUT2D eigenvalue weighted by atomic mass is 35.5. The summed E-state index contributed by atoms with van der Waals surface area (Å²) < 4.78 is 1.47. The fraction of sp³-hybridized carbons (Fsp3) is 0. The van der Waals surface area contributed by atoms with E-state index in [1.807, 2.05) is 0 Å². The zero-order chi connectivity index (χ0) is 9.42. The van der Waals surface area contributed by atoms with Gasteiger partial charge >= 0.3 is 7.12 Å². The number of rotatable bonds is 1. The van der Waals surface area contributed by atoms with Crippen molar-refractivity contribution in [1.29, 1.82) is 0 Å². The van der Waals surface area contributed by atoms with Gasteiger partial charge in [-0.05, 0) is 0 Å². The van der Waals surface area contributed by atoms with E-state index in [1.165, 1.54) is 16.8 Å². The molecule has 7 heteroatoms. The minimum absolute atomic E-state index is 0.231. The van der Waals surface area contributed by atoms with Crippen LogP contribution in [0.3, 0.4) is 0 Å². The maximum absolute atomic E-state index is 8.93. The molecule has 2 aromatic rings. The van der Waals surface area contributed by atoms with Gasteiger partial charge in [0.05, 0.1) is 5.59 Å². The van der Waals surface area contributed by atoms with Crippen molar-refractivity contribution in [2.45, 2.75) is 0 Å². The molecule has 0 unspecified atom stereocenters. The lowest BCUT2D eigenvalue weighted by Crippen LogP contribution is -2.33. The van der Waals surface area contributed by atoms with Crippen molar-refractivity contribution in [2.75, 3.05) is 0 Å². The average molecular weight is 197 g/mol. The number of hydrogen-bond acceptors (Lipinski definition) is 4. The van der Waals surface area contributed by atoms with Crippen LogP contribution < -0.4 is 5.59 Å². The van der Waals surface area contributed by atoms with Gasteiger partial charge in [-0.15, -0.1) is 0 Å². The number of hydrogen-bond donors (Lipinski definition) is 2. The van der Waals surface area contributed by atoms with Crippen LogP contribution in [-0.2, 0) is 0 Å². The first kappa shape index (κ1) is 8.49. The number of nitrogens with zero attached hydrogens (tertiary/aromatic N) is 3. The molecule has 2 aromatic heterocycles. The molecule has 5 nitrogen and oxygen atoms in total. The minimum atomic E-state index is -1.56. The molecule has 0 radical (unpaired) electrons. The Morgan fingerprint density at radius 3 is 2.85 bits per heavy atom. The van der Waals surface area contributed by atoms with E-state index in [0.29, 0.717) is 5.65 Å². The van der Waals surface area contributed by atoms with Gasteiger partial charge in [0.15, 0.2) is 10.8 Å². The first-order valence-corrected chi connectivity index (χ1v) is 3.91. The maximum atomic E-state index is 8.93. The van der Waals surface area contributed by atoms with Crippen LogP contribution in [0.1, 0.15) is 0 Å². The number of halogens is 1. The Labute approximate surface area is 78.8 Å². The molecule has 66 valence electrons. The van der Waals surface area contributed by atoms with E-state index in [2.05, 4.69) is 9.97 Å². The van der Waals surface area contributed by atoms with Gasteiger partial charge in [0.25, 0.3) is 0 Å². The summed E-state index contributed by atoms with van der Waals surface area (Å²) in [4.78, 5) is 7.69. The molecule has 0 amide bonds. The van der Waals surface area contributed by atoms with Crippen molar-refractivity contribution >= 4 is 30.0 Å². The van der Waals surface area contributed by atoms with Gasteiger partial charge in [0.1, 0.15) is 0 Å². The van der Waals surface area contributed by atoms with E-state index in [-0.39, 0.29) is 10.7 Å². The standard InChI is InChI=1S/C6H5BClN3O2/c8-5-6-10-3-4(7(12)13)11(6)2-1-9-5/h1-3,12-13H. The zero-order valence-electron chi connectivity index (χ0n) is 6.42. The fourth-order valence-corrected chi connectivity index (χ4v) is 1.29. The summed E-state index contributed by atoms with van der Waals surface area (Å²) in [5, 5.41) is 18.1. The first-order chi connectivity index (χ1) is 6.20. The molecule has 0 saturated carbocycles. The summed E-state index contributed by atoms with van der Waals surface area (Å²) in [5.41, 5.74) is 0.673. The number of aromatic nitrogens is 3. The molecule has 0 spiro atoms. The molecule has 0 fully saturated rings. The third-order valence-electron chi connectivity index (χ3n) is 1.68. The fourth-order valence-electron chi connectivity index (χ4n) is 1.10. The van der Waals surface area contributed by atoms with E-state index in [1.54, 1.807) is 6.20 Å². The van der Waals surface area contributed by atoms with E-state index in [9.17, 15) is 0 Å². The van der Waals surface area contributed by atoms with Gasteiger partial charge in [0.2, 0.25) is 0 Å². The van der Waals surface area contributed by atoms with E-state index in [4.69, 9.17) is 21.6 Å². The predicted octanol–water partition coefficient (Wildman–Crippen LogP) is -0.938. The van der Waals surface area contributed by atoms with Crippen molar-refractivity contribution in [1.82, 2.24) is 14.4 Å². The molecule has 0 aromatic carbocycles. The third-order valence-corrected chi connectivity index (χ3v) is 1.94. The van der Waals surface area contributed by atoms with Gasteiger partial charge in [-0.2, -0.15) is 0 Å². The molecule has 0 aliphatic carbocycles. The summed E-state index contributed by atoms with van der Waals surface area (Å²) in [6.07, 6.45) is 4.36. The molecule has 13 heavy (non-hydrogen) atoms. The number of fused-ring (bicyclic) bond motifs is 1. The third kappa shape index (κ3) is 1.29. The van der Waals surface area contributed by atoms with Gasteiger partial charge < -0.3 is 14.4 Å². The van der Waals surface area contributed by atoms with Crippen LogP contribution in [-0.4, -0.2) is 31.5 Å². The Morgan fingerprint density at radius 2 is 2.15 bits per heavy atom. The van der Waals surface area contributed by atoms with Crippen molar-refractivity contribution in [3.05, 3.63) is 23.7 Å². The predicted molar refractivity (Wildman–Crippen MR) is 47.8 cm³/mol. The molecule has 2 heterocycles. The summed E-state index contributed by atoms with van der Waals surface area (Å²) in [5.74, 6) is 0. The highest BCUT2D eigenvalue weighted by molar-refractivity contribution is 6.57. The molecule has 0 saturated heterocycles. The van der Waals surface area contributed by atoms with Crippen LogP contribution in [0.4, 0.5) is 0 Å². The molecular formula is C6H5BClN3O2. The quantitative estimate of drug-likeness (QED) is 0.579. The van der Waals surface area contributed by atoms with Gasteiger partial charge in [0, 0.05) is 18.6 Å². The summed E-state index contributed by atoms with van der Waals surface area (Å²) in [7, 11) is -1.56. The maximum Gasteiger partial charge on any atom is 0.508 e. The van der Waals surface area contributed by atoms with Crippen LogP contribution in [0.25, 0.3) is 5.65 Å². The van der Waals surface area contributed by atoms with Crippen molar-refractivity contribution in [3.8, 4) is 0 Å². The highest BCUT2D eigenvalue weighted by Gasteiger charge is 2.17. The van der Waals surface area contributed by atoms with E-state index in [0.717, 1.165) is 0 Å². The molecular weight excluding hydrogens is 192 g/mol. The second-order valence-corrected chi connectivity index (χ2v) is 2.83. The lowest BCUT2D eigenvalue weighted by molar-refractivity contribution is 0.424. The lowest BCUT2D eigenvalue weighted by Gasteiger charge is -1.98. The van der Waals surface area contributed by atoms with Crippen LogP contribution in [0.5, 0.6) is 0 Å². The smallest absolute Gasteiger partial charge is 0.422 e. The highest BCUT2D eigenvalue weighted by Crippen LogP contribution is 2.09. The van der Waals surface area contributed by atoms with E-state index >= 15 is 0 Å². The van der Waals surface area contributed by atoms with Gasteiger partial charge in [-0.1, -0.05) is 11.6 Å². The van der Waals surface area contributed by atoms with Crippen LogP contribution >= 0.6 is 11.6 Å². The Morgan fingerprint density at radius 1 is 1.38 bits per heavy atom. The lowest BCUT2D eigenvalue weighted by atomic mass is 9.87. The van der Waals surface area contributed by atoms with Crippen LogP contribution in [0, 0.1) is 0 Å². The Bertz CT molecular complexity index is 444. The Balaban J connectivity index is 2.75. The molecule has 0 aliphatic rings. The minimum Gasteiger partial charge on any atom is -0.422 e. The summed E-state index contributed by atoms with van der Waals surface area (Å²) >= 11 is 5.72. The van der Waals surface area contributed by atoms with E-state index < -0.39 is 7.12 Å². The van der Waals surface area contributed by atoms with Crippen LogP contribution in [0.15, 0.2) is 18.6 Å². The Hall–Kier alpha value is -1.11. The molecule has 2 rings (SSSR count). The van der Waals surface area contributed by atoms with Crippen LogP contribution in [0.2, 0.25) is 5.15 Å². The SMILES string of the molecule is OB(O)c1cnc2c(Cl)nccn12. The second kappa shape index (κ2) is 2.99. The largest absolute Gasteiger partial charge is 0.508 e. The molecule has 2 N–H and O–H groups in total. The zero-order valence-corrected chi connectivity index (χ0v) is 7.18. The van der Waals surface area contributed by atoms with Gasteiger partial charge in [-0.25, -0.2) is 9.97 Å². The van der Waals surface area contributed by atoms with Crippen molar-refractivity contribution < 1.29 is 10.0 Å². The monoisotopic (exact) mass is 197 g/mol. The molecule has 0 bridgehead atoms. The molecule has 0 aliphatic heterocycles. The topological polar surface area (TPSA) is 70.7 Å². The Kier molecular flexibility index (Phi) is 1.95. The normalized spacial score (nSPS) is 10.7. The van der Waals surface area contributed by atoms with Crippen molar-refractivity contribution in [2.24, 2.45) is 0 Å². The number of imidazole rings is 1. The summed E-state index contributed by atoms with van der Waals surface area (Å²) in [6, 6.07) is 0. The second-order valence-electron chi connectivity index (χ2n) is 2.47. The average Bonchev–Trinajstić information content (AvgIpc) is 2.48. The molecule has 0 atom stereocenters. The summed E-state index contributed by atoms with van der Waals surface area (Å²) in [6.45, 7) is 0. The van der Waals surface area contributed by atoms with Crippen molar-refractivity contribution in [3.63, 3.8) is 0 Å². The van der Waals surface area contributed by atoms with Gasteiger partial charge in [-0.3, -0.25) is 0 Å². The first-order valence-electron chi connectivity index (χ1n) is 3.54.